The number of carbonyl (C=O) groups is 1. The molecule has 5 aliphatic rings. The Kier molecular flexibility index (Phi) is 4.51. The lowest BCUT2D eigenvalue weighted by atomic mass is 9.42. The third-order valence-electron chi connectivity index (χ3n) is 9.28. The van der Waals surface area contributed by atoms with Crippen LogP contribution in [-0.2, 0) is 17.3 Å². The van der Waals surface area contributed by atoms with Crippen LogP contribution in [0.15, 0.2) is 30.6 Å². The Bertz CT molecular complexity index is 1030. The molecule has 2 heterocycles. The van der Waals surface area contributed by atoms with Crippen LogP contribution in [0, 0.1) is 31.1 Å². The van der Waals surface area contributed by atoms with Crippen LogP contribution in [0.2, 0.25) is 0 Å². The van der Waals surface area contributed by atoms with Crippen molar-refractivity contribution in [3.8, 4) is 0 Å². The van der Waals surface area contributed by atoms with E-state index in [1.165, 1.54) is 36.0 Å². The highest BCUT2D eigenvalue weighted by Crippen LogP contribution is 2.66. The molecule has 7 rings (SSSR count). The number of nitrogens with zero attached hydrogens (tertiary/aromatic N) is 4. The van der Waals surface area contributed by atoms with Crippen molar-refractivity contribution in [3.05, 3.63) is 47.3 Å². The Morgan fingerprint density at radius 1 is 1.00 bits per heavy atom. The number of rotatable bonds is 3. The predicted molar refractivity (Wildman–Crippen MR) is 127 cm³/mol. The average molecular weight is 433 g/mol. The van der Waals surface area contributed by atoms with Crippen molar-refractivity contribution in [1.82, 2.24) is 14.5 Å². The van der Waals surface area contributed by atoms with Gasteiger partial charge >= 0.3 is 0 Å². The molecular formula is C27H36N4O. The molecule has 5 heteroatoms. The minimum absolute atomic E-state index is 0.131. The van der Waals surface area contributed by atoms with Crippen molar-refractivity contribution >= 4 is 11.9 Å². The van der Waals surface area contributed by atoms with Gasteiger partial charge < -0.3 is 14.4 Å². The monoisotopic (exact) mass is 432 g/mol. The Labute approximate surface area is 191 Å². The number of imidazole rings is 1. The van der Waals surface area contributed by atoms with Crippen molar-refractivity contribution < 1.29 is 4.79 Å². The van der Waals surface area contributed by atoms with Crippen LogP contribution in [0.4, 0.5) is 5.95 Å². The number of piperazine rings is 1. The molecule has 1 aromatic heterocycles. The summed E-state index contributed by atoms with van der Waals surface area (Å²) in [6, 6.07) is 7.11. The Morgan fingerprint density at radius 2 is 1.72 bits per heavy atom. The van der Waals surface area contributed by atoms with Gasteiger partial charge in [-0.25, -0.2) is 4.98 Å². The maximum absolute atomic E-state index is 14.1. The quantitative estimate of drug-likeness (QED) is 0.729. The van der Waals surface area contributed by atoms with Crippen LogP contribution < -0.4 is 4.90 Å². The Hall–Kier alpha value is -2.30. The fourth-order valence-electron chi connectivity index (χ4n) is 8.03. The summed E-state index contributed by atoms with van der Waals surface area (Å²) in [6.45, 7) is 7.83. The SMILES string of the molecule is Cc1ccc(C23CC4CC(CC(C(=O)N5CCN(c6nccn6C)CC5)(C4)C2)C3)cc1C. The summed E-state index contributed by atoms with van der Waals surface area (Å²) in [6.07, 6.45) is 11.1. The lowest BCUT2D eigenvalue weighted by molar-refractivity contribution is -0.160. The second-order valence-electron chi connectivity index (χ2n) is 11.4. The van der Waals surface area contributed by atoms with Gasteiger partial charge in [-0.1, -0.05) is 18.2 Å². The van der Waals surface area contributed by atoms with Crippen molar-refractivity contribution in [1.29, 1.82) is 0 Å². The highest BCUT2D eigenvalue weighted by atomic mass is 16.2. The molecule has 5 fully saturated rings. The van der Waals surface area contributed by atoms with Gasteiger partial charge in [-0.3, -0.25) is 4.79 Å². The summed E-state index contributed by atoms with van der Waals surface area (Å²) in [5.41, 5.74) is 4.35. The summed E-state index contributed by atoms with van der Waals surface area (Å²) in [7, 11) is 2.04. The normalized spacial score (nSPS) is 33.7. The van der Waals surface area contributed by atoms with Gasteiger partial charge in [0.05, 0.1) is 5.41 Å². The molecule has 0 radical (unpaired) electrons. The second-order valence-corrected chi connectivity index (χ2v) is 11.4. The van der Waals surface area contributed by atoms with Gasteiger partial charge in [-0.05, 0) is 86.3 Å². The third kappa shape index (κ3) is 3.03. The summed E-state index contributed by atoms with van der Waals surface area (Å²) in [5.74, 6) is 2.91. The molecule has 4 aliphatic carbocycles. The van der Waals surface area contributed by atoms with Crippen LogP contribution in [-0.4, -0.2) is 46.5 Å². The predicted octanol–water partition coefficient (Wildman–Crippen LogP) is 4.22. The Balaban J connectivity index is 1.24. The van der Waals surface area contributed by atoms with Crippen molar-refractivity contribution in [3.63, 3.8) is 0 Å². The van der Waals surface area contributed by atoms with Crippen molar-refractivity contribution in [2.45, 2.75) is 57.8 Å². The molecule has 4 bridgehead atoms. The lowest BCUT2D eigenvalue weighted by Crippen LogP contribution is -2.61. The molecule has 0 N–H and O–H groups in total. The first-order chi connectivity index (χ1) is 15.4. The average Bonchev–Trinajstić information content (AvgIpc) is 3.20. The Morgan fingerprint density at radius 3 is 2.34 bits per heavy atom. The van der Waals surface area contributed by atoms with E-state index in [2.05, 4.69) is 51.4 Å². The number of hydrogen-bond acceptors (Lipinski definition) is 3. The molecule has 4 saturated carbocycles. The number of hydrogen-bond donors (Lipinski definition) is 0. The van der Waals surface area contributed by atoms with Gasteiger partial charge in [0, 0.05) is 45.6 Å². The first kappa shape index (κ1) is 20.3. The molecular weight excluding hydrogens is 396 g/mol. The number of amides is 1. The summed E-state index contributed by atoms with van der Waals surface area (Å²) in [5, 5.41) is 0. The van der Waals surface area contributed by atoms with Crippen LogP contribution in [0.25, 0.3) is 0 Å². The molecule has 1 saturated heterocycles. The highest BCUT2D eigenvalue weighted by molar-refractivity contribution is 5.84. The van der Waals surface area contributed by atoms with E-state index in [1.54, 1.807) is 0 Å². The van der Waals surface area contributed by atoms with Crippen LogP contribution in [0.3, 0.4) is 0 Å². The minimum atomic E-state index is -0.131. The second kappa shape index (κ2) is 7.10. The lowest BCUT2D eigenvalue weighted by Gasteiger charge is -2.62. The number of benzene rings is 1. The fourth-order valence-corrected chi connectivity index (χ4v) is 8.03. The van der Waals surface area contributed by atoms with Gasteiger partial charge in [0.15, 0.2) is 0 Å². The maximum atomic E-state index is 14.1. The summed E-state index contributed by atoms with van der Waals surface area (Å²) in [4.78, 5) is 23.1. The van der Waals surface area contributed by atoms with E-state index in [0.717, 1.165) is 63.2 Å². The zero-order valence-electron chi connectivity index (χ0n) is 19.8. The van der Waals surface area contributed by atoms with Gasteiger partial charge in [-0.2, -0.15) is 0 Å². The topological polar surface area (TPSA) is 41.4 Å². The van der Waals surface area contributed by atoms with Crippen molar-refractivity contribution in [2.24, 2.45) is 24.3 Å². The van der Waals surface area contributed by atoms with Gasteiger partial charge in [-0.15, -0.1) is 0 Å². The summed E-state index contributed by atoms with van der Waals surface area (Å²) < 4.78 is 2.07. The van der Waals surface area contributed by atoms with E-state index in [-0.39, 0.29) is 10.8 Å². The number of aromatic nitrogens is 2. The number of carbonyl (C=O) groups excluding carboxylic acids is 1. The zero-order valence-corrected chi connectivity index (χ0v) is 19.8. The third-order valence-corrected chi connectivity index (χ3v) is 9.28. The largest absolute Gasteiger partial charge is 0.339 e. The molecule has 32 heavy (non-hydrogen) atoms. The van der Waals surface area contributed by atoms with Crippen molar-refractivity contribution in [2.75, 3.05) is 31.1 Å². The molecule has 1 aliphatic heterocycles. The van der Waals surface area contributed by atoms with Crippen LogP contribution >= 0.6 is 0 Å². The standard InChI is InChI=1S/C27H36N4O/c1-19-4-5-23(12-20(19)2)26-14-21-13-22(15-26)17-27(16-21,18-26)24(32)30-8-10-31(11-9-30)25-28-6-7-29(25)3/h4-7,12,21-22H,8-11,13-18H2,1-3H3. The van der Waals surface area contributed by atoms with Gasteiger partial charge in [0.1, 0.15) is 0 Å². The zero-order chi connectivity index (χ0) is 22.1. The van der Waals surface area contributed by atoms with E-state index >= 15 is 0 Å². The van der Waals surface area contributed by atoms with Crippen LogP contribution in [0.1, 0.15) is 55.2 Å². The molecule has 170 valence electrons. The van der Waals surface area contributed by atoms with Gasteiger partial charge in [0.25, 0.3) is 0 Å². The fraction of sp³-hybridized carbons (Fsp3) is 0.630. The molecule has 2 unspecified atom stereocenters. The molecule has 1 amide bonds. The van der Waals surface area contributed by atoms with E-state index in [4.69, 9.17) is 0 Å². The number of aryl methyl sites for hydroxylation is 3. The summed E-state index contributed by atoms with van der Waals surface area (Å²) >= 11 is 0. The van der Waals surface area contributed by atoms with E-state index < -0.39 is 0 Å². The van der Waals surface area contributed by atoms with Crippen LogP contribution in [0.5, 0.6) is 0 Å². The maximum Gasteiger partial charge on any atom is 0.228 e. The van der Waals surface area contributed by atoms with Gasteiger partial charge in [0.2, 0.25) is 11.9 Å². The number of anilines is 1. The molecule has 5 nitrogen and oxygen atoms in total. The molecule has 1 aromatic carbocycles. The first-order valence-electron chi connectivity index (χ1n) is 12.5. The molecule has 0 spiro atoms. The molecule has 2 aromatic rings. The van der Waals surface area contributed by atoms with E-state index in [1.807, 2.05) is 19.4 Å². The first-order valence-corrected chi connectivity index (χ1v) is 12.5. The molecule has 2 atom stereocenters. The van der Waals surface area contributed by atoms with E-state index in [9.17, 15) is 4.79 Å². The van der Waals surface area contributed by atoms with E-state index in [0.29, 0.717) is 5.91 Å². The minimum Gasteiger partial charge on any atom is -0.339 e. The highest BCUT2D eigenvalue weighted by Gasteiger charge is 2.61. The smallest absolute Gasteiger partial charge is 0.228 e.